The Bertz CT molecular complexity index is 311. The zero-order valence-electron chi connectivity index (χ0n) is 7.27. The standard InChI is InChI=1S/C10H11NO2/c1-2-4-9-5-3-6-10(8-7-9)11(12)13/h2-3,5-7H,1,4,8H2. The molecule has 0 aliphatic heterocycles. The minimum absolute atomic E-state index is 0.232. The third kappa shape index (κ3) is 2.71. The van der Waals surface area contributed by atoms with Gasteiger partial charge >= 0.3 is 0 Å². The quantitative estimate of drug-likeness (QED) is 0.378. The Morgan fingerprint density at radius 2 is 2.46 bits per heavy atom. The van der Waals surface area contributed by atoms with Crippen LogP contribution in [0, 0.1) is 10.1 Å². The molecule has 0 radical (unpaired) electrons. The molecule has 1 aliphatic carbocycles. The summed E-state index contributed by atoms with van der Waals surface area (Å²) in [4.78, 5) is 10.1. The summed E-state index contributed by atoms with van der Waals surface area (Å²) in [6, 6.07) is 0. The van der Waals surface area contributed by atoms with Crippen LogP contribution < -0.4 is 0 Å². The predicted molar refractivity (Wildman–Crippen MR) is 51.7 cm³/mol. The van der Waals surface area contributed by atoms with Gasteiger partial charge in [0.1, 0.15) is 0 Å². The van der Waals surface area contributed by atoms with Crippen LogP contribution in [0.25, 0.3) is 0 Å². The predicted octanol–water partition coefficient (Wildman–Crippen LogP) is 2.61. The minimum atomic E-state index is -0.350. The van der Waals surface area contributed by atoms with Crippen LogP contribution >= 0.6 is 0 Å². The molecular weight excluding hydrogens is 166 g/mol. The maximum atomic E-state index is 10.4. The number of rotatable bonds is 3. The van der Waals surface area contributed by atoms with Crippen molar-refractivity contribution in [2.45, 2.75) is 12.8 Å². The molecule has 0 aromatic heterocycles. The summed E-state index contributed by atoms with van der Waals surface area (Å²) in [5.41, 5.74) is 1.30. The number of allylic oxidation sites excluding steroid dienone is 6. The average Bonchev–Trinajstić information content (AvgIpc) is 2.30. The Labute approximate surface area is 76.9 Å². The topological polar surface area (TPSA) is 43.1 Å². The first-order valence-corrected chi connectivity index (χ1v) is 4.05. The largest absolute Gasteiger partial charge is 0.259 e. The fourth-order valence-corrected chi connectivity index (χ4v) is 1.11. The molecular formula is C10H11NO2. The third-order valence-corrected chi connectivity index (χ3v) is 1.79. The Hall–Kier alpha value is -1.64. The summed E-state index contributed by atoms with van der Waals surface area (Å²) in [6.45, 7) is 3.61. The molecule has 0 aromatic rings. The summed E-state index contributed by atoms with van der Waals surface area (Å²) < 4.78 is 0. The number of nitrogens with zero attached hydrogens (tertiary/aromatic N) is 1. The average molecular weight is 177 g/mol. The molecule has 0 atom stereocenters. The van der Waals surface area contributed by atoms with Crippen molar-refractivity contribution in [1.29, 1.82) is 0 Å². The Balaban J connectivity index is 2.74. The van der Waals surface area contributed by atoms with Gasteiger partial charge in [-0.2, -0.15) is 0 Å². The van der Waals surface area contributed by atoms with Crippen LogP contribution in [-0.4, -0.2) is 4.92 Å². The Morgan fingerprint density at radius 1 is 1.69 bits per heavy atom. The first kappa shape index (κ1) is 9.45. The van der Waals surface area contributed by atoms with Crippen LogP contribution in [0.2, 0.25) is 0 Å². The zero-order chi connectivity index (χ0) is 9.68. The first-order chi connectivity index (χ1) is 6.24. The third-order valence-electron chi connectivity index (χ3n) is 1.79. The van der Waals surface area contributed by atoms with E-state index < -0.39 is 0 Å². The maximum absolute atomic E-state index is 10.4. The van der Waals surface area contributed by atoms with Gasteiger partial charge in [-0.3, -0.25) is 10.1 Å². The fourth-order valence-electron chi connectivity index (χ4n) is 1.11. The van der Waals surface area contributed by atoms with Crippen molar-refractivity contribution in [3.63, 3.8) is 0 Å². The van der Waals surface area contributed by atoms with Crippen molar-refractivity contribution in [2.75, 3.05) is 0 Å². The van der Waals surface area contributed by atoms with Crippen molar-refractivity contribution in [2.24, 2.45) is 0 Å². The lowest BCUT2D eigenvalue weighted by Gasteiger charge is -1.94. The molecule has 3 nitrogen and oxygen atoms in total. The minimum Gasteiger partial charge on any atom is -0.259 e. The molecule has 0 saturated carbocycles. The van der Waals surface area contributed by atoms with Gasteiger partial charge in [-0.25, -0.2) is 0 Å². The molecule has 1 rings (SSSR count). The lowest BCUT2D eigenvalue weighted by Crippen LogP contribution is -1.96. The molecule has 0 unspecified atom stereocenters. The van der Waals surface area contributed by atoms with Gasteiger partial charge in [0, 0.05) is 6.08 Å². The van der Waals surface area contributed by atoms with Crippen molar-refractivity contribution >= 4 is 0 Å². The molecule has 0 N–H and O–H groups in total. The second kappa shape index (κ2) is 4.40. The molecule has 68 valence electrons. The van der Waals surface area contributed by atoms with Gasteiger partial charge in [0.05, 0.1) is 11.3 Å². The lowest BCUT2D eigenvalue weighted by molar-refractivity contribution is -0.426. The molecule has 0 aromatic carbocycles. The van der Waals surface area contributed by atoms with E-state index in [9.17, 15) is 10.1 Å². The van der Waals surface area contributed by atoms with Gasteiger partial charge < -0.3 is 0 Å². The van der Waals surface area contributed by atoms with Gasteiger partial charge in [-0.15, -0.1) is 6.58 Å². The summed E-state index contributed by atoms with van der Waals surface area (Å²) in [6.07, 6.45) is 9.91. The SMILES string of the molecule is C=CCC1=CCC([N+](=O)[O-])=CC=C1. The Kier molecular flexibility index (Phi) is 3.20. The summed E-state index contributed by atoms with van der Waals surface area (Å²) in [5, 5.41) is 10.4. The van der Waals surface area contributed by atoms with Crippen molar-refractivity contribution < 1.29 is 4.92 Å². The highest BCUT2D eigenvalue weighted by Gasteiger charge is 2.08. The van der Waals surface area contributed by atoms with Crippen LogP contribution in [0.5, 0.6) is 0 Å². The van der Waals surface area contributed by atoms with E-state index in [0.717, 1.165) is 12.0 Å². The number of hydrogen-bond donors (Lipinski definition) is 0. The van der Waals surface area contributed by atoms with Crippen LogP contribution in [-0.2, 0) is 0 Å². The van der Waals surface area contributed by atoms with Crippen molar-refractivity contribution in [1.82, 2.24) is 0 Å². The van der Waals surface area contributed by atoms with E-state index in [1.807, 2.05) is 12.2 Å². The van der Waals surface area contributed by atoms with Crippen molar-refractivity contribution in [3.05, 3.63) is 58.3 Å². The van der Waals surface area contributed by atoms with E-state index in [0.29, 0.717) is 6.42 Å². The summed E-state index contributed by atoms with van der Waals surface area (Å²) >= 11 is 0. The highest BCUT2D eigenvalue weighted by atomic mass is 16.6. The molecule has 0 heterocycles. The molecule has 0 fully saturated rings. The molecule has 0 saturated heterocycles. The number of hydrogen-bond acceptors (Lipinski definition) is 2. The van der Waals surface area contributed by atoms with Crippen LogP contribution in [0.1, 0.15) is 12.8 Å². The normalized spacial score (nSPS) is 15.7. The highest BCUT2D eigenvalue weighted by Crippen LogP contribution is 2.14. The van der Waals surface area contributed by atoms with E-state index >= 15 is 0 Å². The second-order valence-corrected chi connectivity index (χ2v) is 2.75. The molecule has 0 bridgehead atoms. The fraction of sp³-hybridized carbons (Fsp3) is 0.200. The van der Waals surface area contributed by atoms with Gasteiger partial charge in [0.25, 0.3) is 0 Å². The van der Waals surface area contributed by atoms with E-state index in [4.69, 9.17) is 0 Å². The molecule has 1 aliphatic rings. The Morgan fingerprint density at radius 3 is 3.08 bits per heavy atom. The zero-order valence-corrected chi connectivity index (χ0v) is 7.27. The van der Waals surface area contributed by atoms with Crippen LogP contribution in [0.4, 0.5) is 0 Å². The van der Waals surface area contributed by atoms with Crippen LogP contribution in [0.15, 0.2) is 48.2 Å². The van der Waals surface area contributed by atoms with Gasteiger partial charge in [0.15, 0.2) is 0 Å². The molecule has 13 heavy (non-hydrogen) atoms. The maximum Gasteiger partial charge on any atom is 0.249 e. The van der Waals surface area contributed by atoms with Gasteiger partial charge in [-0.1, -0.05) is 24.3 Å². The van der Waals surface area contributed by atoms with Crippen molar-refractivity contribution in [3.8, 4) is 0 Å². The van der Waals surface area contributed by atoms with E-state index in [-0.39, 0.29) is 10.6 Å². The highest BCUT2D eigenvalue weighted by molar-refractivity contribution is 5.29. The smallest absolute Gasteiger partial charge is 0.249 e. The monoisotopic (exact) mass is 177 g/mol. The molecule has 0 amide bonds. The van der Waals surface area contributed by atoms with E-state index in [1.54, 1.807) is 12.2 Å². The first-order valence-electron chi connectivity index (χ1n) is 4.05. The summed E-state index contributed by atoms with van der Waals surface area (Å²) in [5.74, 6) is 0. The number of nitro groups is 1. The van der Waals surface area contributed by atoms with E-state index in [1.165, 1.54) is 6.08 Å². The molecule has 0 spiro atoms. The molecule has 3 heteroatoms. The lowest BCUT2D eigenvalue weighted by atomic mass is 10.1. The van der Waals surface area contributed by atoms with Gasteiger partial charge in [0.2, 0.25) is 5.70 Å². The van der Waals surface area contributed by atoms with Crippen LogP contribution in [0.3, 0.4) is 0 Å². The second-order valence-electron chi connectivity index (χ2n) is 2.75. The van der Waals surface area contributed by atoms with E-state index in [2.05, 4.69) is 6.58 Å². The summed E-state index contributed by atoms with van der Waals surface area (Å²) in [7, 11) is 0. The van der Waals surface area contributed by atoms with Gasteiger partial charge in [-0.05, 0) is 12.0 Å².